The van der Waals surface area contributed by atoms with Crippen LogP contribution in [0.15, 0.2) is 24.3 Å². The molecule has 0 bridgehead atoms. The zero-order chi connectivity index (χ0) is 13.7. The predicted molar refractivity (Wildman–Crippen MR) is 78.3 cm³/mol. The van der Waals surface area contributed by atoms with Crippen LogP contribution in [0.5, 0.6) is 0 Å². The maximum absolute atomic E-state index is 11.8. The van der Waals surface area contributed by atoms with Crippen molar-refractivity contribution in [3.63, 3.8) is 0 Å². The Hall–Kier alpha value is -1.59. The van der Waals surface area contributed by atoms with Gasteiger partial charge in [-0.15, -0.1) is 12.4 Å². The second-order valence-corrected chi connectivity index (χ2v) is 4.34. The molecule has 2 amide bonds. The molecule has 1 aromatic carbocycles. The van der Waals surface area contributed by atoms with Crippen LogP contribution >= 0.6 is 12.4 Å². The minimum Gasteiger partial charge on any atom is -0.366 e. The molecule has 0 aliphatic carbocycles. The van der Waals surface area contributed by atoms with E-state index in [9.17, 15) is 9.59 Å². The third-order valence-electron chi connectivity index (χ3n) is 3.00. The van der Waals surface area contributed by atoms with Crippen molar-refractivity contribution in [1.82, 2.24) is 0 Å². The average molecular weight is 286 g/mol. The minimum absolute atomic E-state index is 0. The van der Waals surface area contributed by atoms with Crippen LogP contribution in [0, 0.1) is 5.92 Å². The fraction of sp³-hybridized carbons (Fsp3) is 0.385. The van der Waals surface area contributed by atoms with E-state index >= 15 is 0 Å². The predicted octanol–water partition coefficient (Wildman–Crippen LogP) is 1.52. The van der Waals surface area contributed by atoms with Crippen LogP contribution < -0.4 is 16.8 Å². The Morgan fingerprint density at radius 2 is 1.79 bits per heavy atom. The van der Waals surface area contributed by atoms with Crippen LogP contribution in [0.25, 0.3) is 0 Å². The maximum Gasteiger partial charge on any atom is 0.248 e. The fourth-order valence-corrected chi connectivity index (χ4v) is 1.46. The zero-order valence-electron chi connectivity index (χ0n) is 11.1. The molecule has 0 saturated carbocycles. The average Bonchev–Trinajstić information content (AvgIpc) is 2.37. The van der Waals surface area contributed by atoms with E-state index in [0.717, 1.165) is 6.42 Å². The quantitative estimate of drug-likeness (QED) is 0.765. The molecule has 0 aliphatic rings. The molecule has 0 fully saturated rings. The van der Waals surface area contributed by atoms with Gasteiger partial charge in [-0.2, -0.15) is 0 Å². The van der Waals surface area contributed by atoms with E-state index in [4.69, 9.17) is 11.5 Å². The number of benzene rings is 1. The zero-order valence-corrected chi connectivity index (χ0v) is 11.9. The monoisotopic (exact) mass is 285 g/mol. The number of halogens is 1. The van der Waals surface area contributed by atoms with Gasteiger partial charge in [0, 0.05) is 11.3 Å². The number of rotatable bonds is 5. The number of amides is 2. The molecule has 0 radical (unpaired) electrons. The molecule has 0 aliphatic heterocycles. The first kappa shape index (κ1) is 17.4. The number of anilines is 1. The first-order valence-electron chi connectivity index (χ1n) is 5.92. The summed E-state index contributed by atoms with van der Waals surface area (Å²) in [4.78, 5) is 22.7. The van der Waals surface area contributed by atoms with Gasteiger partial charge in [0.1, 0.15) is 0 Å². The maximum atomic E-state index is 11.8. The summed E-state index contributed by atoms with van der Waals surface area (Å²) >= 11 is 0. The molecule has 19 heavy (non-hydrogen) atoms. The minimum atomic E-state index is -0.536. The molecule has 0 spiro atoms. The van der Waals surface area contributed by atoms with Gasteiger partial charge in [0.05, 0.1) is 6.04 Å². The largest absolute Gasteiger partial charge is 0.366 e. The first-order valence-corrected chi connectivity index (χ1v) is 5.92. The Kier molecular flexibility index (Phi) is 7.11. The number of hydrogen-bond acceptors (Lipinski definition) is 3. The lowest BCUT2D eigenvalue weighted by molar-refractivity contribution is -0.118. The molecule has 1 aromatic rings. The summed E-state index contributed by atoms with van der Waals surface area (Å²) in [7, 11) is 0. The first-order chi connectivity index (χ1) is 8.45. The van der Waals surface area contributed by atoms with E-state index in [1.54, 1.807) is 24.3 Å². The Bertz CT molecular complexity index is 434. The lowest BCUT2D eigenvalue weighted by atomic mass is 9.99. The molecule has 6 heteroatoms. The smallest absolute Gasteiger partial charge is 0.248 e. The number of carbonyl (C=O) groups is 2. The highest BCUT2D eigenvalue weighted by Crippen LogP contribution is 2.12. The normalized spacial score (nSPS) is 13.0. The number of nitrogens with one attached hydrogen (secondary N) is 1. The number of hydrogen-bond donors (Lipinski definition) is 3. The molecule has 5 nitrogen and oxygen atoms in total. The highest BCUT2D eigenvalue weighted by molar-refractivity contribution is 5.96. The van der Waals surface area contributed by atoms with Crippen molar-refractivity contribution in [1.29, 1.82) is 0 Å². The molecule has 0 aromatic heterocycles. The molecule has 0 heterocycles. The van der Waals surface area contributed by atoms with E-state index in [1.807, 2.05) is 13.8 Å². The van der Waals surface area contributed by atoms with E-state index in [-0.39, 0.29) is 24.2 Å². The number of primary amides is 1. The lowest BCUT2D eigenvalue weighted by Crippen LogP contribution is -2.40. The summed E-state index contributed by atoms with van der Waals surface area (Å²) in [5.74, 6) is -0.602. The summed E-state index contributed by atoms with van der Waals surface area (Å²) in [6.45, 7) is 3.92. The molecule has 1 rings (SSSR count). The van der Waals surface area contributed by atoms with E-state index in [0.29, 0.717) is 11.3 Å². The SMILES string of the molecule is CCC(C)C(N)C(=O)Nc1ccc(C(N)=O)cc1.Cl. The van der Waals surface area contributed by atoms with Crippen molar-refractivity contribution in [2.75, 3.05) is 5.32 Å². The van der Waals surface area contributed by atoms with Crippen LogP contribution in [-0.4, -0.2) is 17.9 Å². The van der Waals surface area contributed by atoms with Crippen LogP contribution in [0.3, 0.4) is 0 Å². The number of nitrogens with two attached hydrogens (primary N) is 2. The second kappa shape index (κ2) is 7.76. The third-order valence-corrected chi connectivity index (χ3v) is 3.00. The molecular formula is C13H20ClN3O2. The summed E-state index contributed by atoms with van der Waals surface area (Å²) in [5.41, 5.74) is 11.9. The Morgan fingerprint density at radius 3 is 2.21 bits per heavy atom. The summed E-state index contributed by atoms with van der Waals surface area (Å²) in [5, 5.41) is 2.71. The van der Waals surface area contributed by atoms with Crippen molar-refractivity contribution in [3.05, 3.63) is 29.8 Å². The van der Waals surface area contributed by atoms with E-state index < -0.39 is 11.9 Å². The molecule has 2 atom stereocenters. The van der Waals surface area contributed by atoms with Crippen LogP contribution in [0.4, 0.5) is 5.69 Å². The second-order valence-electron chi connectivity index (χ2n) is 4.34. The van der Waals surface area contributed by atoms with Crippen molar-refractivity contribution < 1.29 is 9.59 Å². The molecule has 5 N–H and O–H groups in total. The highest BCUT2D eigenvalue weighted by atomic mass is 35.5. The van der Waals surface area contributed by atoms with Gasteiger partial charge in [-0.3, -0.25) is 9.59 Å². The highest BCUT2D eigenvalue weighted by Gasteiger charge is 2.19. The van der Waals surface area contributed by atoms with Gasteiger partial charge in [0.25, 0.3) is 0 Å². The van der Waals surface area contributed by atoms with Crippen molar-refractivity contribution in [2.24, 2.45) is 17.4 Å². The van der Waals surface area contributed by atoms with Gasteiger partial charge >= 0.3 is 0 Å². The number of carbonyl (C=O) groups excluding carboxylic acids is 2. The van der Waals surface area contributed by atoms with Gasteiger partial charge in [0.15, 0.2) is 0 Å². The van der Waals surface area contributed by atoms with Gasteiger partial charge in [0.2, 0.25) is 11.8 Å². The Balaban J connectivity index is 0.00000324. The van der Waals surface area contributed by atoms with Gasteiger partial charge in [-0.1, -0.05) is 20.3 Å². The topological polar surface area (TPSA) is 98.2 Å². The van der Waals surface area contributed by atoms with Crippen LogP contribution in [0.1, 0.15) is 30.6 Å². The van der Waals surface area contributed by atoms with Crippen LogP contribution in [0.2, 0.25) is 0 Å². The third kappa shape index (κ3) is 4.89. The van der Waals surface area contributed by atoms with Gasteiger partial charge in [-0.05, 0) is 30.2 Å². The van der Waals surface area contributed by atoms with Gasteiger partial charge < -0.3 is 16.8 Å². The summed E-state index contributed by atoms with van der Waals surface area (Å²) in [6, 6.07) is 5.84. The standard InChI is InChI=1S/C13H19N3O2.ClH/c1-3-8(2)11(14)13(18)16-10-6-4-9(5-7-10)12(15)17;/h4-8,11H,3,14H2,1-2H3,(H2,15,17)(H,16,18);1H. The van der Waals surface area contributed by atoms with Crippen molar-refractivity contribution in [2.45, 2.75) is 26.3 Å². The van der Waals surface area contributed by atoms with Crippen LogP contribution in [-0.2, 0) is 4.79 Å². The molecular weight excluding hydrogens is 266 g/mol. The van der Waals surface area contributed by atoms with Crippen molar-refractivity contribution >= 4 is 29.9 Å². The lowest BCUT2D eigenvalue weighted by Gasteiger charge is -2.17. The van der Waals surface area contributed by atoms with Crippen molar-refractivity contribution in [3.8, 4) is 0 Å². The summed E-state index contributed by atoms with van der Waals surface area (Å²) < 4.78 is 0. The Labute approximate surface area is 119 Å². The van der Waals surface area contributed by atoms with E-state index in [1.165, 1.54) is 0 Å². The molecule has 0 saturated heterocycles. The molecule has 106 valence electrons. The molecule has 2 unspecified atom stereocenters. The Morgan fingerprint density at radius 1 is 1.26 bits per heavy atom. The summed E-state index contributed by atoms with van der Waals surface area (Å²) in [6.07, 6.45) is 0.842. The fourth-order valence-electron chi connectivity index (χ4n) is 1.46. The van der Waals surface area contributed by atoms with Gasteiger partial charge in [-0.25, -0.2) is 0 Å². The van der Waals surface area contributed by atoms with E-state index in [2.05, 4.69) is 5.32 Å².